The molecule has 2 unspecified atom stereocenters. The van der Waals surface area contributed by atoms with Crippen LogP contribution in [0.25, 0.3) is 0 Å². The zero-order valence-electron chi connectivity index (χ0n) is 11.1. The highest BCUT2D eigenvalue weighted by Gasteiger charge is 2.28. The fourth-order valence-electron chi connectivity index (χ4n) is 2.64. The molecule has 1 saturated heterocycles. The van der Waals surface area contributed by atoms with Crippen LogP contribution in [-0.2, 0) is 4.79 Å². The van der Waals surface area contributed by atoms with E-state index >= 15 is 0 Å². The van der Waals surface area contributed by atoms with E-state index in [1.54, 1.807) is 0 Å². The van der Waals surface area contributed by atoms with Gasteiger partial charge in [0.25, 0.3) is 0 Å². The summed E-state index contributed by atoms with van der Waals surface area (Å²) in [5, 5.41) is 8.70. The Morgan fingerprint density at radius 3 is 3.00 bits per heavy atom. The number of carboxylic acids is 1. The summed E-state index contributed by atoms with van der Waals surface area (Å²) in [4.78, 5) is 12.9. The minimum absolute atomic E-state index is 0.284. The molecule has 0 amide bonds. The highest BCUT2D eigenvalue weighted by atomic mass is 16.4. The molecule has 0 saturated carbocycles. The van der Waals surface area contributed by atoms with Gasteiger partial charge in [0.2, 0.25) is 0 Å². The predicted octanol–water partition coefficient (Wildman–Crippen LogP) is 2.84. The second kappa shape index (κ2) is 5.57. The molecule has 1 fully saturated rings. The van der Waals surface area contributed by atoms with Gasteiger partial charge in [0, 0.05) is 13.0 Å². The number of likely N-dealkylation sites (tertiary alicyclic amines) is 1. The molecule has 0 spiro atoms. The van der Waals surface area contributed by atoms with Gasteiger partial charge in [0.1, 0.15) is 11.5 Å². The molecule has 2 heterocycles. The van der Waals surface area contributed by atoms with Crippen molar-refractivity contribution in [3.8, 4) is 0 Å². The number of carboxylic acid groups (broad SMARTS) is 1. The zero-order valence-corrected chi connectivity index (χ0v) is 11.1. The number of hydrogen-bond donors (Lipinski definition) is 1. The topological polar surface area (TPSA) is 53.7 Å². The highest BCUT2D eigenvalue weighted by Crippen LogP contribution is 2.30. The number of furan rings is 1. The van der Waals surface area contributed by atoms with Gasteiger partial charge in [-0.25, -0.2) is 0 Å². The maximum Gasteiger partial charge on any atom is 0.303 e. The molecule has 1 N–H and O–H groups in total. The van der Waals surface area contributed by atoms with Gasteiger partial charge in [0.05, 0.1) is 6.04 Å². The summed E-state index contributed by atoms with van der Waals surface area (Å²) < 4.78 is 5.66. The molecule has 18 heavy (non-hydrogen) atoms. The number of carbonyl (C=O) groups is 1. The first-order valence-electron chi connectivity index (χ1n) is 6.58. The van der Waals surface area contributed by atoms with E-state index < -0.39 is 5.97 Å². The highest BCUT2D eigenvalue weighted by molar-refractivity contribution is 5.66. The van der Waals surface area contributed by atoms with Gasteiger partial charge < -0.3 is 9.52 Å². The van der Waals surface area contributed by atoms with Crippen LogP contribution in [0.3, 0.4) is 0 Å². The normalized spacial score (nSPS) is 22.2. The van der Waals surface area contributed by atoms with E-state index in [1.165, 1.54) is 0 Å². The summed E-state index contributed by atoms with van der Waals surface area (Å²) in [5.74, 6) is 1.77. The maximum atomic E-state index is 10.6. The van der Waals surface area contributed by atoms with Crippen molar-refractivity contribution in [1.82, 2.24) is 4.90 Å². The standard InChI is InChI=1S/C14H21NO3/c1-10-3-5-13(18-10)11(2)15-8-7-12(9-15)4-6-14(16)17/h3,5,11-12H,4,6-9H2,1-2H3,(H,16,17). The SMILES string of the molecule is Cc1ccc(C(C)N2CCC(CCC(=O)O)C2)o1. The van der Waals surface area contributed by atoms with E-state index in [9.17, 15) is 4.79 Å². The zero-order chi connectivity index (χ0) is 13.1. The summed E-state index contributed by atoms with van der Waals surface area (Å²) >= 11 is 0. The van der Waals surface area contributed by atoms with Gasteiger partial charge in [-0.15, -0.1) is 0 Å². The summed E-state index contributed by atoms with van der Waals surface area (Å²) in [6.07, 6.45) is 2.17. The van der Waals surface area contributed by atoms with Crippen LogP contribution in [-0.4, -0.2) is 29.1 Å². The van der Waals surface area contributed by atoms with Crippen LogP contribution in [0.5, 0.6) is 0 Å². The van der Waals surface area contributed by atoms with Crippen molar-refractivity contribution in [2.75, 3.05) is 13.1 Å². The number of aryl methyl sites for hydroxylation is 1. The smallest absolute Gasteiger partial charge is 0.303 e. The molecule has 4 heteroatoms. The van der Waals surface area contributed by atoms with Crippen molar-refractivity contribution in [3.05, 3.63) is 23.7 Å². The number of rotatable bonds is 5. The van der Waals surface area contributed by atoms with Crippen molar-refractivity contribution < 1.29 is 14.3 Å². The molecule has 1 aliphatic heterocycles. The molecule has 0 radical (unpaired) electrons. The fourth-order valence-corrected chi connectivity index (χ4v) is 2.64. The molecule has 0 bridgehead atoms. The van der Waals surface area contributed by atoms with E-state index in [2.05, 4.69) is 11.8 Å². The summed E-state index contributed by atoms with van der Waals surface area (Å²) in [6.45, 7) is 6.12. The van der Waals surface area contributed by atoms with Gasteiger partial charge in [0.15, 0.2) is 0 Å². The molecule has 1 aromatic heterocycles. The van der Waals surface area contributed by atoms with E-state index in [-0.39, 0.29) is 12.5 Å². The van der Waals surface area contributed by atoms with Gasteiger partial charge in [-0.3, -0.25) is 9.69 Å². The van der Waals surface area contributed by atoms with E-state index in [0.29, 0.717) is 5.92 Å². The summed E-state index contributed by atoms with van der Waals surface area (Å²) in [5.41, 5.74) is 0. The Kier molecular flexibility index (Phi) is 4.07. The van der Waals surface area contributed by atoms with Gasteiger partial charge in [-0.2, -0.15) is 0 Å². The third-order valence-corrected chi connectivity index (χ3v) is 3.80. The van der Waals surface area contributed by atoms with Gasteiger partial charge in [-0.1, -0.05) is 0 Å². The van der Waals surface area contributed by atoms with Crippen molar-refractivity contribution in [2.24, 2.45) is 5.92 Å². The molecule has 1 aromatic rings. The summed E-state index contributed by atoms with van der Waals surface area (Å²) in [6, 6.07) is 4.31. The lowest BCUT2D eigenvalue weighted by atomic mass is 10.0. The van der Waals surface area contributed by atoms with Crippen molar-refractivity contribution in [1.29, 1.82) is 0 Å². The van der Waals surface area contributed by atoms with E-state index in [1.807, 2.05) is 19.1 Å². The lowest BCUT2D eigenvalue weighted by molar-refractivity contribution is -0.137. The first-order chi connectivity index (χ1) is 8.56. The average molecular weight is 251 g/mol. The number of nitrogens with zero attached hydrogens (tertiary/aromatic N) is 1. The molecule has 2 rings (SSSR count). The molecule has 2 atom stereocenters. The quantitative estimate of drug-likeness (QED) is 0.874. The largest absolute Gasteiger partial charge is 0.481 e. The monoisotopic (exact) mass is 251 g/mol. The Bertz CT molecular complexity index is 413. The Hall–Kier alpha value is -1.29. The minimum atomic E-state index is -0.692. The second-order valence-electron chi connectivity index (χ2n) is 5.21. The summed E-state index contributed by atoms with van der Waals surface area (Å²) in [7, 11) is 0. The Labute approximate surface area is 108 Å². The molecule has 4 nitrogen and oxygen atoms in total. The van der Waals surface area contributed by atoms with E-state index in [4.69, 9.17) is 9.52 Å². The molecule has 100 valence electrons. The van der Waals surface area contributed by atoms with Crippen LogP contribution in [0.4, 0.5) is 0 Å². The number of hydrogen-bond acceptors (Lipinski definition) is 3. The molecule has 0 aromatic carbocycles. The van der Waals surface area contributed by atoms with Crippen LogP contribution >= 0.6 is 0 Å². The average Bonchev–Trinajstić information content (AvgIpc) is 2.94. The van der Waals surface area contributed by atoms with Crippen molar-refractivity contribution >= 4 is 5.97 Å². The first kappa shape index (κ1) is 13.1. The van der Waals surface area contributed by atoms with Crippen molar-refractivity contribution in [3.63, 3.8) is 0 Å². The lowest BCUT2D eigenvalue weighted by Gasteiger charge is -2.22. The first-order valence-corrected chi connectivity index (χ1v) is 6.58. The fraction of sp³-hybridized carbons (Fsp3) is 0.643. The van der Waals surface area contributed by atoms with Crippen LogP contribution in [0.1, 0.15) is 43.7 Å². The second-order valence-corrected chi connectivity index (χ2v) is 5.21. The Morgan fingerprint density at radius 2 is 2.39 bits per heavy atom. The minimum Gasteiger partial charge on any atom is -0.481 e. The maximum absolute atomic E-state index is 10.6. The lowest BCUT2D eigenvalue weighted by Crippen LogP contribution is -2.24. The number of aliphatic carboxylic acids is 1. The third kappa shape index (κ3) is 3.13. The third-order valence-electron chi connectivity index (χ3n) is 3.80. The molecular weight excluding hydrogens is 230 g/mol. The Morgan fingerprint density at radius 1 is 1.61 bits per heavy atom. The molecular formula is C14H21NO3. The van der Waals surface area contributed by atoms with Gasteiger partial charge in [-0.05, 0) is 51.3 Å². The van der Waals surface area contributed by atoms with Crippen molar-refractivity contribution in [2.45, 2.75) is 39.2 Å². The van der Waals surface area contributed by atoms with E-state index in [0.717, 1.165) is 37.5 Å². The van der Waals surface area contributed by atoms with Crippen LogP contribution in [0.2, 0.25) is 0 Å². The predicted molar refractivity (Wildman–Crippen MR) is 68.4 cm³/mol. The Balaban J connectivity index is 1.86. The molecule has 1 aliphatic rings. The van der Waals surface area contributed by atoms with Crippen LogP contribution in [0.15, 0.2) is 16.5 Å². The van der Waals surface area contributed by atoms with Crippen LogP contribution < -0.4 is 0 Å². The molecule has 0 aliphatic carbocycles. The van der Waals surface area contributed by atoms with Gasteiger partial charge >= 0.3 is 5.97 Å². The van der Waals surface area contributed by atoms with Crippen LogP contribution in [0, 0.1) is 12.8 Å².